The van der Waals surface area contributed by atoms with Gasteiger partial charge in [-0.3, -0.25) is 4.79 Å². The molecule has 0 aromatic carbocycles. The van der Waals surface area contributed by atoms with Crippen LogP contribution in [0.4, 0.5) is 0 Å². The van der Waals surface area contributed by atoms with Crippen molar-refractivity contribution in [1.29, 1.82) is 0 Å². The van der Waals surface area contributed by atoms with Crippen molar-refractivity contribution in [2.24, 2.45) is 0 Å². The lowest BCUT2D eigenvalue weighted by atomic mass is 10.2. The average Bonchev–Trinajstić information content (AvgIpc) is 1.88. The molecular weight excluding hydrogens is 128 g/mol. The minimum absolute atomic E-state index is 0.189. The smallest absolute Gasteiger partial charge is 0.219 e. The van der Waals surface area contributed by atoms with Gasteiger partial charge < -0.3 is 10.2 Å². The van der Waals surface area contributed by atoms with Gasteiger partial charge in [0.2, 0.25) is 5.91 Å². The maximum absolute atomic E-state index is 10.9. The van der Waals surface area contributed by atoms with Crippen molar-refractivity contribution in [2.45, 2.75) is 19.9 Å². The first-order valence-electron chi connectivity index (χ1n) is 3.69. The fourth-order valence-electron chi connectivity index (χ4n) is 1.31. The number of hydrogen-bond acceptors (Lipinski definition) is 2. The number of carbonyl (C=O) groups is 1. The lowest BCUT2D eigenvalue weighted by Crippen LogP contribution is -2.51. The number of carbonyl (C=O) groups excluding carboxylic acids is 1. The van der Waals surface area contributed by atoms with E-state index in [0.29, 0.717) is 6.04 Å². The highest BCUT2D eigenvalue weighted by atomic mass is 16.2. The summed E-state index contributed by atoms with van der Waals surface area (Å²) in [5.41, 5.74) is 0. The van der Waals surface area contributed by atoms with Crippen molar-refractivity contribution in [1.82, 2.24) is 10.2 Å². The predicted molar refractivity (Wildman–Crippen MR) is 39.7 cm³/mol. The van der Waals surface area contributed by atoms with Crippen molar-refractivity contribution >= 4 is 5.91 Å². The van der Waals surface area contributed by atoms with Crippen LogP contribution in [0.5, 0.6) is 0 Å². The molecule has 1 aliphatic heterocycles. The Bertz CT molecular complexity index is 136. The number of piperazine rings is 1. The third-order valence-electron chi connectivity index (χ3n) is 1.91. The summed E-state index contributed by atoms with van der Waals surface area (Å²) in [4.78, 5) is 12.8. The summed E-state index contributed by atoms with van der Waals surface area (Å²) in [7, 11) is 0. The van der Waals surface area contributed by atoms with Gasteiger partial charge in [-0.25, -0.2) is 0 Å². The van der Waals surface area contributed by atoms with Crippen LogP contribution in [0.1, 0.15) is 13.8 Å². The second kappa shape index (κ2) is 3.01. The summed E-state index contributed by atoms with van der Waals surface area (Å²) in [6.45, 7) is 6.41. The van der Waals surface area contributed by atoms with Gasteiger partial charge in [0.15, 0.2) is 0 Å². The topological polar surface area (TPSA) is 32.3 Å². The average molecular weight is 142 g/mol. The van der Waals surface area contributed by atoms with E-state index in [1.165, 1.54) is 0 Å². The molecule has 1 saturated heterocycles. The van der Waals surface area contributed by atoms with Crippen LogP contribution >= 0.6 is 0 Å². The van der Waals surface area contributed by atoms with Crippen LogP contribution in [-0.2, 0) is 4.79 Å². The SMILES string of the molecule is CC(=O)N1CCNCC1C. The maximum Gasteiger partial charge on any atom is 0.219 e. The Kier molecular flexibility index (Phi) is 2.27. The molecule has 1 rings (SSSR count). The van der Waals surface area contributed by atoms with Crippen LogP contribution in [-0.4, -0.2) is 36.5 Å². The second-order valence-electron chi connectivity index (χ2n) is 2.77. The molecule has 0 bridgehead atoms. The maximum atomic E-state index is 10.9. The molecule has 0 aromatic heterocycles. The number of nitrogens with zero attached hydrogens (tertiary/aromatic N) is 1. The lowest BCUT2D eigenvalue weighted by Gasteiger charge is -2.32. The van der Waals surface area contributed by atoms with E-state index in [4.69, 9.17) is 0 Å². The van der Waals surface area contributed by atoms with E-state index >= 15 is 0 Å². The molecule has 1 atom stereocenters. The zero-order chi connectivity index (χ0) is 7.56. The van der Waals surface area contributed by atoms with Crippen LogP contribution in [0.15, 0.2) is 0 Å². The molecule has 1 unspecified atom stereocenters. The van der Waals surface area contributed by atoms with Gasteiger partial charge in [-0.15, -0.1) is 0 Å². The molecule has 1 fully saturated rings. The van der Waals surface area contributed by atoms with Crippen molar-refractivity contribution in [3.8, 4) is 0 Å². The summed E-state index contributed by atoms with van der Waals surface area (Å²) in [5.74, 6) is 0.189. The van der Waals surface area contributed by atoms with E-state index in [1.54, 1.807) is 6.92 Å². The highest BCUT2D eigenvalue weighted by molar-refractivity contribution is 5.73. The molecule has 1 amide bonds. The Labute approximate surface area is 61.4 Å². The number of amides is 1. The van der Waals surface area contributed by atoms with Crippen molar-refractivity contribution in [3.63, 3.8) is 0 Å². The van der Waals surface area contributed by atoms with Crippen LogP contribution in [0.25, 0.3) is 0 Å². The van der Waals surface area contributed by atoms with Gasteiger partial charge in [0.25, 0.3) is 0 Å². The first-order chi connectivity index (χ1) is 4.72. The normalized spacial score (nSPS) is 26.6. The van der Waals surface area contributed by atoms with Gasteiger partial charge in [0.05, 0.1) is 0 Å². The van der Waals surface area contributed by atoms with Gasteiger partial charge in [-0.1, -0.05) is 0 Å². The predicted octanol–water partition coefficient (Wildman–Crippen LogP) is -0.173. The standard InChI is InChI=1S/C7H14N2O/c1-6-5-8-3-4-9(6)7(2)10/h6,8H,3-5H2,1-2H3. The second-order valence-corrected chi connectivity index (χ2v) is 2.77. The lowest BCUT2D eigenvalue weighted by molar-refractivity contribution is -0.131. The van der Waals surface area contributed by atoms with E-state index in [-0.39, 0.29) is 5.91 Å². The highest BCUT2D eigenvalue weighted by Crippen LogP contribution is 2.01. The molecular formula is C7H14N2O. The monoisotopic (exact) mass is 142 g/mol. The molecule has 10 heavy (non-hydrogen) atoms. The molecule has 0 aromatic rings. The van der Waals surface area contributed by atoms with Crippen molar-refractivity contribution in [3.05, 3.63) is 0 Å². The minimum atomic E-state index is 0.189. The number of nitrogens with one attached hydrogen (secondary N) is 1. The number of rotatable bonds is 0. The Morgan fingerprint density at radius 2 is 2.40 bits per heavy atom. The molecule has 0 aliphatic carbocycles. The molecule has 1 heterocycles. The molecule has 3 heteroatoms. The summed E-state index contributed by atoms with van der Waals surface area (Å²) < 4.78 is 0. The Balaban J connectivity index is 2.47. The van der Waals surface area contributed by atoms with Crippen LogP contribution in [0, 0.1) is 0 Å². The third kappa shape index (κ3) is 1.48. The number of hydrogen-bond donors (Lipinski definition) is 1. The summed E-state index contributed by atoms with van der Waals surface area (Å²) >= 11 is 0. The summed E-state index contributed by atoms with van der Waals surface area (Å²) in [6, 6.07) is 0.367. The molecule has 1 N–H and O–H groups in total. The van der Waals surface area contributed by atoms with Gasteiger partial charge in [0, 0.05) is 32.6 Å². The molecule has 0 saturated carbocycles. The van der Waals surface area contributed by atoms with E-state index < -0.39 is 0 Å². The van der Waals surface area contributed by atoms with Crippen molar-refractivity contribution < 1.29 is 4.79 Å². The van der Waals surface area contributed by atoms with Crippen molar-refractivity contribution in [2.75, 3.05) is 19.6 Å². The van der Waals surface area contributed by atoms with E-state index in [1.807, 2.05) is 4.90 Å². The molecule has 58 valence electrons. The fraction of sp³-hybridized carbons (Fsp3) is 0.857. The summed E-state index contributed by atoms with van der Waals surface area (Å²) in [5, 5.41) is 3.23. The molecule has 1 aliphatic rings. The third-order valence-corrected chi connectivity index (χ3v) is 1.91. The zero-order valence-electron chi connectivity index (χ0n) is 6.55. The molecule has 3 nitrogen and oxygen atoms in total. The van der Waals surface area contributed by atoms with Gasteiger partial charge in [-0.05, 0) is 6.92 Å². The highest BCUT2D eigenvalue weighted by Gasteiger charge is 2.18. The Hall–Kier alpha value is -0.570. The quantitative estimate of drug-likeness (QED) is 0.509. The van der Waals surface area contributed by atoms with E-state index in [2.05, 4.69) is 12.2 Å². The van der Waals surface area contributed by atoms with E-state index in [9.17, 15) is 4.79 Å². The van der Waals surface area contributed by atoms with Crippen LogP contribution in [0.2, 0.25) is 0 Å². The first kappa shape index (κ1) is 7.54. The van der Waals surface area contributed by atoms with Crippen LogP contribution in [0.3, 0.4) is 0 Å². The van der Waals surface area contributed by atoms with Crippen LogP contribution < -0.4 is 5.32 Å². The molecule has 0 spiro atoms. The summed E-state index contributed by atoms with van der Waals surface area (Å²) in [6.07, 6.45) is 0. The Morgan fingerprint density at radius 1 is 1.70 bits per heavy atom. The fourth-order valence-corrected chi connectivity index (χ4v) is 1.31. The minimum Gasteiger partial charge on any atom is -0.338 e. The Morgan fingerprint density at radius 3 is 2.80 bits per heavy atom. The van der Waals surface area contributed by atoms with E-state index in [0.717, 1.165) is 19.6 Å². The van der Waals surface area contributed by atoms with Gasteiger partial charge >= 0.3 is 0 Å². The first-order valence-corrected chi connectivity index (χ1v) is 3.69. The largest absolute Gasteiger partial charge is 0.338 e. The van der Waals surface area contributed by atoms with Gasteiger partial charge in [0.1, 0.15) is 0 Å². The zero-order valence-corrected chi connectivity index (χ0v) is 6.55. The van der Waals surface area contributed by atoms with Gasteiger partial charge in [-0.2, -0.15) is 0 Å². The molecule has 0 radical (unpaired) electrons.